The highest BCUT2D eigenvalue weighted by atomic mass is 16.2. The molecule has 2 rings (SSSR count). The van der Waals surface area contributed by atoms with Gasteiger partial charge in [0.25, 0.3) is 5.91 Å². The van der Waals surface area contributed by atoms with Gasteiger partial charge in [-0.1, -0.05) is 36.9 Å². The Kier molecular flexibility index (Phi) is 3.76. The third kappa shape index (κ3) is 2.64. The lowest BCUT2D eigenvalue weighted by Crippen LogP contribution is -2.39. The third-order valence-electron chi connectivity index (χ3n) is 3.01. The van der Waals surface area contributed by atoms with Gasteiger partial charge in [0.1, 0.15) is 0 Å². The molecule has 1 unspecified atom stereocenters. The van der Waals surface area contributed by atoms with Crippen LogP contribution in [-0.4, -0.2) is 11.9 Å². The van der Waals surface area contributed by atoms with E-state index in [1.54, 1.807) is 0 Å². The van der Waals surface area contributed by atoms with Crippen LogP contribution in [0.15, 0.2) is 55.1 Å². The average molecular weight is 227 g/mol. The van der Waals surface area contributed by atoms with Crippen molar-refractivity contribution in [1.82, 2.24) is 0 Å². The smallest absolute Gasteiger partial charge is 0.250 e. The van der Waals surface area contributed by atoms with E-state index in [0.717, 1.165) is 24.9 Å². The van der Waals surface area contributed by atoms with E-state index in [4.69, 9.17) is 0 Å². The SMILES string of the molecule is C=CC(=O)N(c1ccccc1)C1C=CCCC1. The summed E-state index contributed by atoms with van der Waals surface area (Å²) in [5, 5.41) is 0. The minimum absolute atomic E-state index is 0.0345. The third-order valence-corrected chi connectivity index (χ3v) is 3.01. The zero-order valence-corrected chi connectivity index (χ0v) is 9.88. The lowest BCUT2D eigenvalue weighted by atomic mass is 10.0. The number of carbonyl (C=O) groups is 1. The summed E-state index contributed by atoms with van der Waals surface area (Å²) < 4.78 is 0. The van der Waals surface area contributed by atoms with Crippen LogP contribution in [0, 0.1) is 0 Å². The van der Waals surface area contributed by atoms with Crippen molar-refractivity contribution in [3.63, 3.8) is 0 Å². The Labute approximate surface area is 102 Å². The van der Waals surface area contributed by atoms with Crippen LogP contribution < -0.4 is 4.90 Å². The Balaban J connectivity index is 2.31. The Morgan fingerprint density at radius 1 is 1.35 bits per heavy atom. The van der Waals surface area contributed by atoms with Gasteiger partial charge in [-0.05, 0) is 37.5 Å². The molecule has 0 saturated heterocycles. The molecule has 1 atom stereocenters. The van der Waals surface area contributed by atoms with Crippen molar-refractivity contribution in [2.45, 2.75) is 25.3 Å². The maximum Gasteiger partial charge on any atom is 0.250 e. The van der Waals surface area contributed by atoms with Gasteiger partial charge in [0.05, 0.1) is 6.04 Å². The second kappa shape index (κ2) is 5.48. The first-order valence-electron chi connectivity index (χ1n) is 6.00. The molecule has 0 heterocycles. The number of nitrogens with zero attached hydrogens (tertiary/aromatic N) is 1. The number of anilines is 1. The first kappa shape index (κ1) is 11.6. The lowest BCUT2D eigenvalue weighted by Gasteiger charge is -2.30. The summed E-state index contributed by atoms with van der Waals surface area (Å²) in [6, 6.07) is 9.94. The lowest BCUT2D eigenvalue weighted by molar-refractivity contribution is -0.114. The average Bonchev–Trinajstić information content (AvgIpc) is 2.41. The summed E-state index contributed by atoms with van der Waals surface area (Å²) in [6.07, 6.45) is 8.93. The molecule has 1 amide bonds. The molecule has 2 nitrogen and oxygen atoms in total. The van der Waals surface area contributed by atoms with Crippen molar-refractivity contribution in [1.29, 1.82) is 0 Å². The second-order valence-electron chi connectivity index (χ2n) is 4.17. The molecule has 0 aliphatic heterocycles. The van der Waals surface area contributed by atoms with Gasteiger partial charge in [0, 0.05) is 5.69 Å². The van der Waals surface area contributed by atoms with Crippen LogP contribution >= 0.6 is 0 Å². The Morgan fingerprint density at radius 2 is 2.12 bits per heavy atom. The largest absolute Gasteiger partial charge is 0.302 e. The summed E-state index contributed by atoms with van der Waals surface area (Å²) in [6.45, 7) is 3.59. The molecule has 0 N–H and O–H groups in total. The molecular formula is C15H17NO. The van der Waals surface area contributed by atoms with E-state index in [9.17, 15) is 4.79 Å². The molecule has 0 fully saturated rings. The molecule has 1 aromatic carbocycles. The Bertz CT molecular complexity index is 422. The molecule has 17 heavy (non-hydrogen) atoms. The van der Waals surface area contributed by atoms with Crippen molar-refractivity contribution >= 4 is 11.6 Å². The Morgan fingerprint density at radius 3 is 2.71 bits per heavy atom. The van der Waals surface area contributed by atoms with Gasteiger partial charge in [0.15, 0.2) is 0 Å². The van der Waals surface area contributed by atoms with Crippen LogP contribution in [0.4, 0.5) is 5.69 Å². The minimum atomic E-state index is -0.0345. The highest BCUT2D eigenvalue weighted by Crippen LogP contribution is 2.23. The predicted octanol–water partition coefficient (Wildman–Crippen LogP) is 3.31. The summed E-state index contributed by atoms with van der Waals surface area (Å²) in [4.78, 5) is 13.8. The fourth-order valence-corrected chi connectivity index (χ4v) is 2.18. The highest BCUT2D eigenvalue weighted by Gasteiger charge is 2.22. The first-order valence-corrected chi connectivity index (χ1v) is 6.00. The van der Waals surface area contributed by atoms with Crippen LogP contribution in [0.2, 0.25) is 0 Å². The topological polar surface area (TPSA) is 20.3 Å². The van der Waals surface area contributed by atoms with E-state index in [2.05, 4.69) is 18.7 Å². The number of hydrogen-bond acceptors (Lipinski definition) is 1. The van der Waals surface area contributed by atoms with Crippen molar-refractivity contribution < 1.29 is 4.79 Å². The predicted molar refractivity (Wildman–Crippen MR) is 70.9 cm³/mol. The number of carbonyl (C=O) groups excluding carboxylic acids is 1. The van der Waals surface area contributed by atoms with Gasteiger partial charge in [-0.25, -0.2) is 0 Å². The van der Waals surface area contributed by atoms with Crippen LogP contribution in [0.1, 0.15) is 19.3 Å². The van der Waals surface area contributed by atoms with Crippen molar-refractivity contribution in [3.8, 4) is 0 Å². The molecule has 1 aliphatic carbocycles. The summed E-state index contributed by atoms with van der Waals surface area (Å²) in [7, 11) is 0. The highest BCUT2D eigenvalue weighted by molar-refractivity contribution is 6.01. The van der Waals surface area contributed by atoms with Gasteiger partial charge < -0.3 is 4.90 Å². The van der Waals surface area contributed by atoms with E-state index in [-0.39, 0.29) is 11.9 Å². The molecule has 0 aromatic heterocycles. The normalized spacial score (nSPS) is 18.7. The second-order valence-corrected chi connectivity index (χ2v) is 4.17. The maximum atomic E-state index is 12.0. The molecule has 0 spiro atoms. The molecular weight excluding hydrogens is 210 g/mol. The number of rotatable bonds is 3. The van der Waals surface area contributed by atoms with E-state index in [0.29, 0.717) is 0 Å². The van der Waals surface area contributed by atoms with E-state index in [1.807, 2.05) is 35.2 Å². The molecule has 0 radical (unpaired) electrons. The summed E-state index contributed by atoms with van der Waals surface area (Å²) in [5.74, 6) is -0.0345. The zero-order chi connectivity index (χ0) is 12.1. The first-order chi connectivity index (χ1) is 8.33. The monoisotopic (exact) mass is 227 g/mol. The standard InChI is InChI=1S/C15H17NO/c1-2-15(17)16(13-9-5-3-6-10-13)14-11-7-4-8-12-14/h2-3,5-7,9-11,14H,1,4,8,12H2. The minimum Gasteiger partial charge on any atom is -0.302 e. The van der Waals surface area contributed by atoms with Crippen LogP contribution in [0.25, 0.3) is 0 Å². The van der Waals surface area contributed by atoms with Crippen molar-refractivity contribution in [2.24, 2.45) is 0 Å². The number of hydrogen-bond donors (Lipinski definition) is 0. The zero-order valence-electron chi connectivity index (χ0n) is 9.88. The molecule has 0 bridgehead atoms. The maximum absolute atomic E-state index is 12.0. The molecule has 1 aliphatic rings. The van der Waals surface area contributed by atoms with Crippen LogP contribution in [-0.2, 0) is 4.79 Å². The number of allylic oxidation sites excluding steroid dienone is 1. The number of para-hydroxylation sites is 1. The van der Waals surface area contributed by atoms with Crippen molar-refractivity contribution in [3.05, 3.63) is 55.1 Å². The van der Waals surface area contributed by atoms with Gasteiger partial charge in [-0.2, -0.15) is 0 Å². The fraction of sp³-hybridized carbons (Fsp3) is 0.267. The summed E-state index contributed by atoms with van der Waals surface area (Å²) in [5.41, 5.74) is 0.939. The molecule has 2 heteroatoms. The Hall–Kier alpha value is -1.83. The van der Waals surface area contributed by atoms with E-state index >= 15 is 0 Å². The number of benzene rings is 1. The van der Waals surface area contributed by atoms with Gasteiger partial charge >= 0.3 is 0 Å². The van der Waals surface area contributed by atoms with E-state index < -0.39 is 0 Å². The van der Waals surface area contributed by atoms with E-state index in [1.165, 1.54) is 6.08 Å². The quantitative estimate of drug-likeness (QED) is 0.573. The van der Waals surface area contributed by atoms with Gasteiger partial charge in [0.2, 0.25) is 0 Å². The molecule has 1 aromatic rings. The van der Waals surface area contributed by atoms with Gasteiger partial charge in [-0.15, -0.1) is 0 Å². The van der Waals surface area contributed by atoms with Crippen molar-refractivity contribution in [2.75, 3.05) is 4.90 Å². The molecule has 88 valence electrons. The van der Waals surface area contributed by atoms with Crippen LogP contribution in [0.5, 0.6) is 0 Å². The summed E-state index contributed by atoms with van der Waals surface area (Å²) >= 11 is 0. The van der Waals surface area contributed by atoms with Gasteiger partial charge in [-0.3, -0.25) is 4.79 Å². The fourth-order valence-electron chi connectivity index (χ4n) is 2.18. The van der Waals surface area contributed by atoms with Crippen LogP contribution in [0.3, 0.4) is 0 Å². The number of amides is 1. The molecule has 0 saturated carbocycles.